The first-order valence-corrected chi connectivity index (χ1v) is 6.08. The Morgan fingerprint density at radius 3 is 1.88 bits per heavy atom. The van der Waals surface area contributed by atoms with E-state index in [1.807, 2.05) is 13.8 Å². The van der Waals surface area contributed by atoms with Gasteiger partial charge in [-0.25, -0.2) is 0 Å². The zero-order valence-electron chi connectivity index (χ0n) is 10.9. The lowest BCUT2D eigenvalue weighted by atomic mass is 9.97. The minimum Gasteiger partial charge on any atom is -0.389 e. The van der Waals surface area contributed by atoms with Crippen LogP contribution >= 0.6 is 0 Å². The molecular formula is C12H25NO3. The van der Waals surface area contributed by atoms with Crippen LogP contribution in [0, 0.1) is 0 Å². The highest BCUT2D eigenvalue weighted by Gasteiger charge is 2.36. The van der Waals surface area contributed by atoms with Gasteiger partial charge in [-0.15, -0.1) is 0 Å². The second-order valence-corrected chi connectivity index (χ2v) is 4.67. The van der Waals surface area contributed by atoms with E-state index in [1.165, 1.54) is 0 Å². The van der Waals surface area contributed by atoms with Crippen molar-refractivity contribution < 1.29 is 14.6 Å². The Bertz CT molecular complexity index is 194. The van der Waals surface area contributed by atoms with Gasteiger partial charge in [-0.2, -0.15) is 0 Å². The molecule has 0 aromatic rings. The molecule has 1 N–H and O–H groups in total. The number of aliphatic hydroxyl groups is 1. The molecular weight excluding hydrogens is 206 g/mol. The summed E-state index contributed by atoms with van der Waals surface area (Å²) in [5.41, 5.74) is -0.569. The fourth-order valence-corrected chi connectivity index (χ4v) is 2.29. The van der Waals surface area contributed by atoms with Crippen LogP contribution in [0.3, 0.4) is 0 Å². The van der Waals surface area contributed by atoms with Gasteiger partial charge >= 0.3 is 0 Å². The van der Waals surface area contributed by atoms with E-state index >= 15 is 0 Å². The van der Waals surface area contributed by atoms with E-state index in [0.29, 0.717) is 6.54 Å². The number of ether oxygens (including phenoxy) is 2. The minimum atomic E-state index is -0.569. The summed E-state index contributed by atoms with van der Waals surface area (Å²) in [5.74, 6) is 0. The van der Waals surface area contributed by atoms with Gasteiger partial charge in [-0.1, -0.05) is 13.8 Å². The standard InChI is InChI=1S/C12H25NO3/c1-5-12(14,6-2)9-13-7-10(15-3)11(8-13)16-4/h10-11,14H,5-9H2,1-4H3. The molecule has 0 bridgehead atoms. The number of hydrogen-bond donors (Lipinski definition) is 1. The first-order chi connectivity index (χ1) is 7.58. The second-order valence-electron chi connectivity index (χ2n) is 4.67. The Morgan fingerprint density at radius 1 is 1.12 bits per heavy atom. The highest BCUT2D eigenvalue weighted by atomic mass is 16.5. The van der Waals surface area contributed by atoms with Crippen molar-refractivity contribution in [2.75, 3.05) is 33.9 Å². The molecule has 1 saturated heterocycles. The van der Waals surface area contributed by atoms with Crippen molar-refractivity contribution in [1.29, 1.82) is 0 Å². The van der Waals surface area contributed by atoms with E-state index in [1.54, 1.807) is 14.2 Å². The third kappa shape index (κ3) is 3.17. The zero-order valence-corrected chi connectivity index (χ0v) is 10.9. The molecule has 0 radical (unpaired) electrons. The number of nitrogens with zero attached hydrogens (tertiary/aromatic N) is 1. The number of rotatable bonds is 6. The van der Waals surface area contributed by atoms with Crippen LogP contribution in [0.25, 0.3) is 0 Å². The molecule has 0 amide bonds. The summed E-state index contributed by atoms with van der Waals surface area (Å²) in [6.45, 7) is 6.46. The van der Waals surface area contributed by atoms with E-state index in [0.717, 1.165) is 25.9 Å². The van der Waals surface area contributed by atoms with Crippen LogP contribution in [0.15, 0.2) is 0 Å². The van der Waals surface area contributed by atoms with Crippen LogP contribution in [0.1, 0.15) is 26.7 Å². The van der Waals surface area contributed by atoms with Crippen molar-refractivity contribution in [3.05, 3.63) is 0 Å². The van der Waals surface area contributed by atoms with E-state index in [4.69, 9.17) is 9.47 Å². The quantitative estimate of drug-likeness (QED) is 0.737. The molecule has 1 rings (SSSR count). The number of β-amino-alcohol motifs (C(OH)–C–C–N with tert-alkyl or cyclic N) is 1. The van der Waals surface area contributed by atoms with Crippen molar-refractivity contribution >= 4 is 0 Å². The summed E-state index contributed by atoms with van der Waals surface area (Å²) in [4.78, 5) is 2.23. The number of methoxy groups -OCH3 is 2. The molecule has 0 aromatic carbocycles. The average Bonchev–Trinajstić information content (AvgIpc) is 2.70. The number of hydrogen-bond acceptors (Lipinski definition) is 4. The van der Waals surface area contributed by atoms with Crippen LogP contribution in [0.5, 0.6) is 0 Å². The normalized spacial score (nSPS) is 27.6. The largest absolute Gasteiger partial charge is 0.389 e. The molecule has 2 atom stereocenters. The third-order valence-electron chi connectivity index (χ3n) is 3.73. The molecule has 2 unspecified atom stereocenters. The first kappa shape index (κ1) is 13.9. The van der Waals surface area contributed by atoms with E-state index in [-0.39, 0.29) is 12.2 Å². The molecule has 0 aromatic heterocycles. The lowest BCUT2D eigenvalue weighted by molar-refractivity contribution is -0.00461. The molecule has 1 aliphatic heterocycles. The fraction of sp³-hybridized carbons (Fsp3) is 1.00. The van der Waals surface area contributed by atoms with Gasteiger partial charge in [0.2, 0.25) is 0 Å². The summed E-state index contributed by atoms with van der Waals surface area (Å²) < 4.78 is 10.8. The predicted molar refractivity (Wildman–Crippen MR) is 63.6 cm³/mol. The van der Waals surface area contributed by atoms with Gasteiger partial charge in [0.1, 0.15) is 0 Å². The molecule has 0 aliphatic carbocycles. The topological polar surface area (TPSA) is 41.9 Å². The molecule has 4 heteroatoms. The first-order valence-electron chi connectivity index (χ1n) is 6.08. The number of likely N-dealkylation sites (tertiary alicyclic amines) is 1. The SMILES string of the molecule is CCC(O)(CC)CN1CC(OC)C(OC)C1. The maximum Gasteiger partial charge on any atom is 0.0971 e. The van der Waals surface area contributed by atoms with Crippen LogP contribution in [0.2, 0.25) is 0 Å². The Balaban J connectivity index is 2.51. The smallest absolute Gasteiger partial charge is 0.0971 e. The van der Waals surface area contributed by atoms with E-state index in [9.17, 15) is 5.11 Å². The van der Waals surface area contributed by atoms with Gasteiger partial charge in [-0.3, -0.25) is 4.90 Å². The van der Waals surface area contributed by atoms with Gasteiger partial charge in [0.05, 0.1) is 17.8 Å². The van der Waals surface area contributed by atoms with Crippen molar-refractivity contribution in [2.45, 2.75) is 44.5 Å². The fourth-order valence-electron chi connectivity index (χ4n) is 2.29. The van der Waals surface area contributed by atoms with Crippen LogP contribution in [-0.2, 0) is 9.47 Å². The Hall–Kier alpha value is -0.160. The van der Waals surface area contributed by atoms with Gasteiger partial charge in [-0.05, 0) is 12.8 Å². The van der Waals surface area contributed by atoms with Gasteiger partial charge in [0.15, 0.2) is 0 Å². The molecule has 4 nitrogen and oxygen atoms in total. The van der Waals surface area contributed by atoms with E-state index in [2.05, 4.69) is 4.90 Å². The van der Waals surface area contributed by atoms with Gasteiger partial charge in [0, 0.05) is 33.9 Å². The summed E-state index contributed by atoms with van der Waals surface area (Å²) in [5, 5.41) is 10.3. The van der Waals surface area contributed by atoms with Crippen LogP contribution in [0.4, 0.5) is 0 Å². The Labute approximate surface area is 98.5 Å². The highest BCUT2D eigenvalue weighted by molar-refractivity contribution is 4.90. The summed E-state index contributed by atoms with van der Waals surface area (Å²) in [6, 6.07) is 0. The van der Waals surface area contributed by atoms with Gasteiger partial charge < -0.3 is 14.6 Å². The molecule has 16 heavy (non-hydrogen) atoms. The van der Waals surface area contributed by atoms with Crippen LogP contribution in [-0.4, -0.2) is 61.7 Å². The third-order valence-corrected chi connectivity index (χ3v) is 3.73. The molecule has 96 valence electrons. The summed E-state index contributed by atoms with van der Waals surface area (Å²) in [7, 11) is 3.43. The minimum absolute atomic E-state index is 0.128. The Morgan fingerprint density at radius 2 is 1.56 bits per heavy atom. The predicted octanol–water partition coefficient (Wildman–Crippen LogP) is 0.883. The average molecular weight is 231 g/mol. The molecule has 1 heterocycles. The van der Waals surface area contributed by atoms with Crippen molar-refractivity contribution in [1.82, 2.24) is 4.90 Å². The highest BCUT2D eigenvalue weighted by Crippen LogP contribution is 2.22. The molecule has 1 fully saturated rings. The van der Waals surface area contributed by atoms with Crippen molar-refractivity contribution in [2.24, 2.45) is 0 Å². The monoisotopic (exact) mass is 231 g/mol. The maximum atomic E-state index is 10.3. The lowest BCUT2D eigenvalue weighted by Crippen LogP contribution is -2.41. The van der Waals surface area contributed by atoms with E-state index < -0.39 is 5.60 Å². The van der Waals surface area contributed by atoms with Crippen LogP contribution < -0.4 is 0 Å². The zero-order chi connectivity index (χ0) is 12.2. The molecule has 0 saturated carbocycles. The van der Waals surface area contributed by atoms with Crippen molar-refractivity contribution in [3.8, 4) is 0 Å². The molecule has 1 aliphatic rings. The lowest BCUT2D eigenvalue weighted by Gasteiger charge is -2.30. The second kappa shape index (κ2) is 5.96. The summed E-state index contributed by atoms with van der Waals surface area (Å²) in [6.07, 6.45) is 1.83. The van der Waals surface area contributed by atoms with Gasteiger partial charge in [0.25, 0.3) is 0 Å². The molecule has 0 spiro atoms. The van der Waals surface area contributed by atoms with Crippen molar-refractivity contribution in [3.63, 3.8) is 0 Å². The maximum absolute atomic E-state index is 10.3. The summed E-state index contributed by atoms with van der Waals surface area (Å²) >= 11 is 0. The Kier molecular flexibility index (Phi) is 5.18.